The molecule has 3 rings (SSSR count). The van der Waals surface area contributed by atoms with Gasteiger partial charge in [0.2, 0.25) is 0 Å². The van der Waals surface area contributed by atoms with Gasteiger partial charge in [0, 0.05) is 27.9 Å². The Hall–Kier alpha value is -2.16. The number of nitrogens with zero attached hydrogens (tertiary/aromatic N) is 2. The number of amides is 1. The molecule has 0 aromatic heterocycles. The number of nitro benzene ring substituents is 1. The topological polar surface area (TPSA) is 72.7 Å². The van der Waals surface area contributed by atoms with Gasteiger partial charge in [0.25, 0.3) is 11.6 Å². The summed E-state index contributed by atoms with van der Waals surface area (Å²) >= 11 is 2.18. The van der Waals surface area contributed by atoms with Gasteiger partial charge in [-0.1, -0.05) is 6.07 Å². The number of hydrogen-bond acceptors (Lipinski definition) is 4. The van der Waals surface area contributed by atoms with Crippen molar-refractivity contribution in [2.75, 3.05) is 18.1 Å². The van der Waals surface area contributed by atoms with Crippen LogP contribution in [-0.2, 0) is 11.2 Å². The predicted octanol–water partition coefficient (Wildman–Crippen LogP) is 3.17. The van der Waals surface area contributed by atoms with Gasteiger partial charge in [0.05, 0.1) is 4.92 Å². The van der Waals surface area contributed by atoms with Crippen LogP contribution in [-0.4, -0.2) is 24.0 Å². The second-order valence-electron chi connectivity index (χ2n) is 5.11. The molecule has 0 N–H and O–H groups in total. The molecule has 0 spiro atoms. The molecule has 1 aliphatic heterocycles. The number of fused-ring (bicyclic) bond motifs is 1. The fraction of sp³-hybridized carbons (Fsp3) is 0.188. The highest BCUT2D eigenvalue weighted by molar-refractivity contribution is 14.1. The van der Waals surface area contributed by atoms with Crippen molar-refractivity contribution in [1.29, 1.82) is 0 Å². The Morgan fingerprint density at radius 3 is 2.87 bits per heavy atom. The van der Waals surface area contributed by atoms with Crippen LogP contribution in [0.5, 0.6) is 5.75 Å². The highest BCUT2D eigenvalue weighted by Crippen LogP contribution is 2.31. The van der Waals surface area contributed by atoms with Crippen molar-refractivity contribution in [3.63, 3.8) is 0 Å². The molecule has 1 heterocycles. The number of ether oxygens (including phenoxy) is 1. The van der Waals surface area contributed by atoms with Crippen LogP contribution in [0.4, 0.5) is 11.4 Å². The molecule has 0 saturated heterocycles. The molecular formula is C16H13IN2O4. The number of halogens is 1. The van der Waals surface area contributed by atoms with Crippen LogP contribution in [0.1, 0.15) is 5.56 Å². The van der Waals surface area contributed by atoms with Crippen molar-refractivity contribution in [3.05, 3.63) is 61.7 Å². The average Bonchev–Trinajstić information content (AvgIpc) is 2.95. The number of carbonyl (C=O) groups excluding carboxylic acids is 1. The summed E-state index contributed by atoms with van der Waals surface area (Å²) in [6, 6.07) is 12.0. The second kappa shape index (κ2) is 6.53. The van der Waals surface area contributed by atoms with E-state index in [1.54, 1.807) is 17.0 Å². The van der Waals surface area contributed by atoms with Gasteiger partial charge in [-0.25, -0.2) is 0 Å². The first-order chi connectivity index (χ1) is 11.0. The number of carbonyl (C=O) groups is 1. The summed E-state index contributed by atoms with van der Waals surface area (Å²) in [6.45, 7) is 0.460. The van der Waals surface area contributed by atoms with Gasteiger partial charge in [-0.15, -0.1) is 0 Å². The monoisotopic (exact) mass is 424 g/mol. The van der Waals surface area contributed by atoms with Crippen molar-refractivity contribution in [2.45, 2.75) is 6.42 Å². The van der Waals surface area contributed by atoms with Crippen molar-refractivity contribution in [1.82, 2.24) is 0 Å². The third-order valence-corrected chi connectivity index (χ3v) is 4.30. The maximum Gasteiger partial charge on any atom is 0.269 e. The Labute approximate surface area is 146 Å². The molecule has 1 aliphatic rings. The zero-order chi connectivity index (χ0) is 16.4. The lowest BCUT2D eigenvalue weighted by molar-refractivity contribution is -0.384. The standard InChI is InChI=1S/C16H13IN2O4/c17-12-2-1-3-14(9-12)23-10-16(20)18-7-6-11-8-13(19(21)22)4-5-15(11)18/h1-5,8-9H,6-7,10H2. The van der Waals surface area contributed by atoms with Crippen molar-refractivity contribution in [3.8, 4) is 5.75 Å². The van der Waals surface area contributed by atoms with E-state index in [-0.39, 0.29) is 18.2 Å². The summed E-state index contributed by atoms with van der Waals surface area (Å²) < 4.78 is 6.57. The Morgan fingerprint density at radius 1 is 1.30 bits per heavy atom. The van der Waals surface area contributed by atoms with Gasteiger partial charge in [0.15, 0.2) is 6.61 Å². The number of benzene rings is 2. The molecule has 2 aromatic carbocycles. The first-order valence-electron chi connectivity index (χ1n) is 7.00. The highest BCUT2D eigenvalue weighted by atomic mass is 127. The minimum Gasteiger partial charge on any atom is -0.484 e. The van der Waals surface area contributed by atoms with E-state index in [9.17, 15) is 14.9 Å². The summed E-state index contributed by atoms with van der Waals surface area (Å²) in [5.41, 5.74) is 1.60. The van der Waals surface area contributed by atoms with Crippen LogP contribution in [0.2, 0.25) is 0 Å². The van der Waals surface area contributed by atoms with Gasteiger partial charge in [-0.2, -0.15) is 0 Å². The second-order valence-corrected chi connectivity index (χ2v) is 6.36. The molecule has 2 aromatic rings. The van der Waals surface area contributed by atoms with E-state index >= 15 is 0 Å². The molecule has 7 heteroatoms. The Bertz CT molecular complexity index is 778. The molecule has 0 saturated carbocycles. The number of rotatable bonds is 4. The van der Waals surface area contributed by atoms with Gasteiger partial charge in [0.1, 0.15) is 5.75 Å². The average molecular weight is 424 g/mol. The molecule has 6 nitrogen and oxygen atoms in total. The quantitative estimate of drug-likeness (QED) is 0.430. The largest absolute Gasteiger partial charge is 0.484 e. The lowest BCUT2D eigenvalue weighted by Crippen LogP contribution is -2.33. The third kappa shape index (κ3) is 3.44. The Balaban J connectivity index is 1.69. The number of hydrogen-bond donors (Lipinski definition) is 0. The normalized spacial score (nSPS) is 12.8. The van der Waals surface area contributed by atoms with Crippen molar-refractivity contribution < 1.29 is 14.5 Å². The SMILES string of the molecule is O=C(COc1cccc(I)c1)N1CCc2cc([N+](=O)[O-])ccc21. The first kappa shape index (κ1) is 15.7. The number of nitro groups is 1. The van der Waals surface area contributed by atoms with Gasteiger partial charge in [-0.3, -0.25) is 14.9 Å². The zero-order valence-corrected chi connectivity index (χ0v) is 14.2. The van der Waals surface area contributed by atoms with Crippen LogP contribution in [0, 0.1) is 13.7 Å². The molecule has 0 atom stereocenters. The Kier molecular flexibility index (Phi) is 4.46. The molecule has 1 amide bonds. The van der Waals surface area contributed by atoms with E-state index in [1.807, 2.05) is 18.2 Å². The molecule has 23 heavy (non-hydrogen) atoms. The van der Waals surface area contributed by atoms with Crippen LogP contribution >= 0.6 is 22.6 Å². The predicted molar refractivity (Wildman–Crippen MR) is 93.8 cm³/mol. The zero-order valence-electron chi connectivity index (χ0n) is 12.1. The van der Waals surface area contributed by atoms with Crippen LogP contribution in [0.15, 0.2) is 42.5 Å². The van der Waals surface area contributed by atoms with E-state index < -0.39 is 4.92 Å². The summed E-state index contributed by atoms with van der Waals surface area (Å²) in [7, 11) is 0. The van der Waals surface area contributed by atoms with Gasteiger partial charge in [-0.05, 0) is 58.8 Å². The summed E-state index contributed by atoms with van der Waals surface area (Å²) in [5.74, 6) is 0.491. The lowest BCUT2D eigenvalue weighted by atomic mass is 10.1. The third-order valence-electron chi connectivity index (χ3n) is 3.63. The van der Waals surface area contributed by atoms with Crippen LogP contribution in [0.25, 0.3) is 0 Å². The molecule has 0 aliphatic carbocycles. The smallest absolute Gasteiger partial charge is 0.269 e. The maximum absolute atomic E-state index is 12.4. The lowest BCUT2D eigenvalue weighted by Gasteiger charge is -2.17. The molecule has 0 radical (unpaired) electrons. The first-order valence-corrected chi connectivity index (χ1v) is 8.08. The molecule has 0 unspecified atom stereocenters. The molecule has 118 valence electrons. The fourth-order valence-corrected chi connectivity index (χ4v) is 3.06. The molecule has 0 bridgehead atoms. The van der Waals surface area contributed by atoms with E-state index in [0.29, 0.717) is 18.7 Å². The molecule has 0 fully saturated rings. The minimum atomic E-state index is -0.426. The highest BCUT2D eigenvalue weighted by Gasteiger charge is 2.26. The van der Waals surface area contributed by atoms with E-state index in [0.717, 1.165) is 14.8 Å². The van der Waals surface area contributed by atoms with E-state index in [2.05, 4.69) is 22.6 Å². The summed E-state index contributed by atoms with van der Waals surface area (Å²) in [4.78, 5) is 24.4. The molecular weight excluding hydrogens is 411 g/mol. The Morgan fingerprint density at radius 2 is 2.13 bits per heavy atom. The fourth-order valence-electron chi connectivity index (χ4n) is 2.54. The number of anilines is 1. The van der Waals surface area contributed by atoms with Crippen LogP contribution < -0.4 is 9.64 Å². The minimum absolute atomic E-state index is 0.0492. The number of non-ortho nitro benzene ring substituents is 1. The van der Waals surface area contributed by atoms with Gasteiger partial charge >= 0.3 is 0 Å². The van der Waals surface area contributed by atoms with E-state index in [4.69, 9.17) is 4.74 Å². The van der Waals surface area contributed by atoms with Gasteiger partial charge < -0.3 is 9.64 Å². The van der Waals surface area contributed by atoms with Crippen molar-refractivity contribution >= 4 is 39.9 Å². The summed E-state index contributed by atoms with van der Waals surface area (Å²) in [5, 5.41) is 10.8. The maximum atomic E-state index is 12.4. The van der Waals surface area contributed by atoms with Crippen LogP contribution in [0.3, 0.4) is 0 Å². The van der Waals surface area contributed by atoms with E-state index in [1.165, 1.54) is 12.1 Å². The van der Waals surface area contributed by atoms with Crippen molar-refractivity contribution in [2.24, 2.45) is 0 Å². The summed E-state index contributed by atoms with van der Waals surface area (Å²) in [6.07, 6.45) is 0.617.